The minimum absolute atomic E-state index is 1.08. The molecule has 0 aliphatic rings. The van der Waals surface area contributed by atoms with E-state index in [4.69, 9.17) is 22.2 Å². The van der Waals surface area contributed by atoms with Gasteiger partial charge in [-0.25, -0.2) is 0 Å². The SMILES string of the molecule is C[SiH](Cl)N[SiH](C)Cl. The van der Waals surface area contributed by atoms with Crippen molar-refractivity contribution >= 4 is 38.7 Å². The van der Waals surface area contributed by atoms with Crippen LogP contribution in [0, 0.1) is 0 Å². The molecule has 2 atom stereocenters. The first-order valence-electron chi connectivity index (χ1n) is 2.17. The Kier molecular flexibility index (Phi) is 4.46. The molecule has 1 nitrogen and oxygen atoms in total. The summed E-state index contributed by atoms with van der Waals surface area (Å²) in [5, 5.41) is 0. The van der Waals surface area contributed by atoms with E-state index in [1.807, 2.05) is 13.1 Å². The van der Waals surface area contributed by atoms with E-state index in [0.29, 0.717) is 0 Å². The van der Waals surface area contributed by atoms with Crippen molar-refractivity contribution in [3.8, 4) is 0 Å². The van der Waals surface area contributed by atoms with Crippen molar-refractivity contribution in [2.75, 3.05) is 0 Å². The van der Waals surface area contributed by atoms with Gasteiger partial charge in [-0.05, 0) is 13.1 Å². The summed E-state index contributed by atoms with van der Waals surface area (Å²) in [4.78, 5) is 0. The van der Waals surface area contributed by atoms with Gasteiger partial charge in [-0.1, -0.05) is 0 Å². The van der Waals surface area contributed by atoms with Crippen molar-refractivity contribution < 1.29 is 0 Å². The van der Waals surface area contributed by atoms with E-state index >= 15 is 0 Å². The minimum Gasteiger partial charge on any atom is -0.340 e. The molecule has 0 aromatic heterocycles. The molecular weight excluding hydrogens is 165 g/mol. The van der Waals surface area contributed by atoms with Crippen LogP contribution in [0.1, 0.15) is 0 Å². The summed E-state index contributed by atoms with van der Waals surface area (Å²) in [6, 6.07) is 0. The highest BCUT2D eigenvalue weighted by molar-refractivity contribution is 7.15. The monoisotopic (exact) mass is 173 g/mol. The van der Waals surface area contributed by atoms with Gasteiger partial charge in [0, 0.05) is 0 Å². The quantitative estimate of drug-likeness (QED) is 0.481. The maximum Gasteiger partial charge on any atom is 0.202 e. The third kappa shape index (κ3) is 6.97. The molecule has 0 aliphatic carbocycles. The van der Waals surface area contributed by atoms with Crippen LogP contribution in [-0.4, -0.2) is 16.5 Å². The molecule has 0 spiro atoms. The van der Waals surface area contributed by atoms with Crippen LogP contribution < -0.4 is 4.65 Å². The Balaban J connectivity index is 2.95. The van der Waals surface area contributed by atoms with Crippen LogP contribution in [0.15, 0.2) is 0 Å². The molecule has 0 amide bonds. The van der Waals surface area contributed by atoms with Gasteiger partial charge in [0.1, 0.15) is 0 Å². The lowest BCUT2D eigenvalue weighted by Gasteiger charge is -2.02. The average Bonchev–Trinajstić information content (AvgIpc) is 1.27. The molecule has 0 aliphatic heterocycles. The lowest BCUT2D eigenvalue weighted by Crippen LogP contribution is -2.33. The van der Waals surface area contributed by atoms with Crippen molar-refractivity contribution in [1.29, 1.82) is 0 Å². The van der Waals surface area contributed by atoms with Crippen molar-refractivity contribution in [3.05, 3.63) is 0 Å². The summed E-state index contributed by atoms with van der Waals surface area (Å²) >= 11 is 11.3. The molecule has 0 saturated carbocycles. The Morgan fingerprint density at radius 1 is 1.14 bits per heavy atom. The van der Waals surface area contributed by atoms with Gasteiger partial charge in [0.25, 0.3) is 0 Å². The molecule has 5 heteroatoms. The zero-order chi connectivity index (χ0) is 5.86. The highest BCUT2D eigenvalue weighted by atomic mass is 35.6. The second kappa shape index (κ2) is 3.91. The summed E-state index contributed by atoms with van der Waals surface area (Å²) in [7, 11) is -2.15. The fourth-order valence-corrected chi connectivity index (χ4v) is 6.83. The first-order valence-corrected chi connectivity index (χ1v) is 9.12. The predicted octanol–water partition coefficient (Wildman–Crippen LogP) is 0.754. The fourth-order valence-electron chi connectivity index (χ4n) is 0.316. The molecular formula is C2H9Cl2NSi2. The predicted molar refractivity (Wildman–Crippen MR) is 40.9 cm³/mol. The number of nitrogens with one attached hydrogen (secondary N) is 1. The van der Waals surface area contributed by atoms with Gasteiger partial charge in [-0.2, -0.15) is 22.2 Å². The normalized spacial score (nSPS) is 18.9. The van der Waals surface area contributed by atoms with Crippen LogP contribution >= 0.6 is 22.2 Å². The second-order valence-corrected chi connectivity index (χ2v) is 9.12. The summed E-state index contributed by atoms with van der Waals surface area (Å²) < 4.78 is 3.11. The highest BCUT2D eigenvalue weighted by Gasteiger charge is 2.01. The Morgan fingerprint density at radius 2 is 1.43 bits per heavy atom. The van der Waals surface area contributed by atoms with Gasteiger partial charge in [0.05, 0.1) is 0 Å². The van der Waals surface area contributed by atoms with Gasteiger partial charge in [0.2, 0.25) is 16.5 Å². The van der Waals surface area contributed by atoms with E-state index in [9.17, 15) is 0 Å². The van der Waals surface area contributed by atoms with Crippen LogP contribution in [0.5, 0.6) is 0 Å². The molecule has 0 bridgehead atoms. The first kappa shape index (κ1) is 7.97. The lowest BCUT2D eigenvalue weighted by atomic mass is 11.9. The van der Waals surface area contributed by atoms with Crippen molar-refractivity contribution in [3.63, 3.8) is 0 Å². The van der Waals surface area contributed by atoms with E-state index in [2.05, 4.69) is 4.65 Å². The van der Waals surface area contributed by atoms with Gasteiger partial charge in [0.15, 0.2) is 0 Å². The highest BCUT2D eigenvalue weighted by Crippen LogP contribution is 1.86. The molecule has 0 rings (SSSR count). The number of hydrogen-bond donors (Lipinski definition) is 1. The van der Waals surface area contributed by atoms with Crippen molar-refractivity contribution in [2.24, 2.45) is 0 Å². The second-order valence-electron chi connectivity index (χ2n) is 1.40. The van der Waals surface area contributed by atoms with Crippen LogP contribution in [-0.2, 0) is 0 Å². The maximum absolute atomic E-state index is 5.65. The van der Waals surface area contributed by atoms with Crippen molar-refractivity contribution in [1.82, 2.24) is 4.65 Å². The molecule has 2 unspecified atom stereocenters. The molecule has 0 aromatic carbocycles. The minimum atomic E-state index is -1.08. The van der Waals surface area contributed by atoms with E-state index in [-0.39, 0.29) is 0 Å². The lowest BCUT2D eigenvalue weighted by molar-refractivity contribution is 1.53. The van der Waals surface area contributed by atoms with Gasteiger partial charge in [-0.3, -0.25) is 0 Å². The Labute approximate surface area is 56.8 Å². The summed E-state index contributed by atoms with van der Waals surface area (Å²) in [6.45, 7) is 4.01. The third-order valence-electron chi connectivity index (χ3n) is 0.459. The average molecular weight is 174 g/mol. The molecule has 0 radical (unpaired) electrons. The van der Waals surface area contributed by atoms with Crippen LogP contribution in [0.3, 0.4) is 0 Å². The first-order chi connectivity index (χ1) is 3.13. The zero-order valence-corrected chi connectivity index (χ0v) is 8.23. The Morgan fingerprint density at radius 3 is 1.43 bits per heavy atom. The summed E-state index contributed by atoms with van der Waals surface area (Å²) in [5.74, 6) is 0. The van der Waals surface area contributed by atoms with Gasteiger partial charge in [-0.15, -0.1) is 0 Å². The van der Waals surface area contributed by atoms with E-state index in [1.54, 1.807) is 0 Å². The Bertz CT molecular complexity index is 43.0. The number of halogens is 2. The topological polar surface area (TPSA) is 12.0 Å². The van der Waals surface area contributed by atoms with E-state index < -0.39 is 16.5 Å². The largest absolute Gasteiger partial charge is 0.340 e. The molecule has 0 saturated heterocycles. The van der Waals surface area contributed by atoms with Crippen molar-refractivity contribution in [2.45, 2.75) is 13.1 Å². The number of hydrogen-bond acceptors (Lipinski definition) is 1. The molecule has 7 heavy (non-hydrogen) atoms. The summed E-state index contributed by atoms with van der Waals surface area (Å²) in [6.07, 6.45) is 0. The van der Waals surface area contributed by atoms with Gasteiger partial charge >= 0.3 is 0 Å². The molecule has 0 fully saturated rings. The van der Waals surface area contributed by atoms with Crippen LogP contribution in [0.25, 0.3) is 0 Å². The van der Waals surface area contributed by atoms with Crippen LogP contribution in [0.2, 0.25) is 13.1 Å². The Hall–Kier alpha value is 0.974. The molecule has 1 N–H and O–H groups in total. The smallest absolute Gasteiger partial charge is 0.202 e. The summed E-state index contributed by atoms with van der Waals surface area (Å²) in [5.41, 5.74) is 0. The molecule has 44 valence electrons. The number of rotatable bonds is 2. The van der Waals surface area contributed by atoms with Gasteiger partial charge < -0.3 is 4.65 Å². The molecule has 0 heterocycles. The maximum atomic E-state index is 5.65. The van der Waals surface area contributed by atoms with Crippen LogP contribution in [0.4, 0.5) is 0 Å². The molecule has 0 aromatic rings. The fraction of sp³-hybridized carbons (Fsp3) is 1.00. The third-order valence-corrected chi connectivity index (χ3v) is 6.40. The standard InChI is InChI=1S/C2H9Cl2NSi2/c1-6(3)5-7(2)4/h5-7H,1-2H3. The van der Waals surface area contributed by atoms with E-state index in [1.165, 1.54) is 0 Å². The van der Waals surface area contributed by atoms with E-state index in [0.717, 1.165) is 0 Å². The zero-order valence-electron chi connectivity index (χ0n) is 4.41.